The van der Waals surface area contributed by atoms with Crippen LogP contribution in [0.3, 0.4) is 0 Å². The average Bonchev–Trinajstić information content (AvgIpc) is 2.89. The quantitative estimate of drug-likeness (QED) is 0.405. The number of ether oxygens (including phenoxy) is 3. The molecule has 1 atom stereocenters. The summed E-state index contributed by atoms with van der Waals surface area (Å²) >= 11 is 0. The lowest BCUT2D eigenvalue weighted by Crippen LogP contribution is -2.51. The van der Waals surface area contributed by atoms with E-state index in [0.29, 0.717) is 17.2 Å². The Morgan fingerprint density at radius 3 is 2.28 bits per heavy atom. The summed E-state index contributed by atoms with van der Waals surface area (Å²) in [6, 6.07) is 17.6. The Bertz CT molecular complexity index is 1430. The number of amides is 1. The highest BCUT2D eigenvalue weighted by atomic mass is 32.2. The number of nitrogens with zero attached hydrogens (tertiary/aromatic N) is 1. The van der Waals surface area contributed by atoms with Gasteiger partial charge in [0.1, 0.15) is 23.9 Å². The lowest BCUT2D eigenvalue weighted by Gasteiger charge is -2.36. The fourth-order valence-electron chi connectivity index (χ4n) is 4.43. The molecule has 0 aliphatic carbocycles. The number of carbonyl (C=O) groups is 1. The van der Waals surface area contributed by atoms with Gasteiger partial charge in [0, 0.05) is 0 Å². The predicted molar refractivity (Wildman–Crippen MR) is 152 cm³/mol. The zero-order valence-electron chi connectivity index (χ0n) is 23.3. The second-order valence-corrected chi connectivity index (χ2v) is 12.6. The molecule has 3 aromatic carbocycles. The van der Waals surface area contributed by atoms with Gasteiger partial charge in [-0.1, -0.05) is 32.9 Å². The lowest BCUT2D eigenvalue weighted by atomic mass is 9.86. The van der Waals surface area contributed by atoms with Crippen LogP contribution in [0.15, 0.2) is 65.6 Å². The molecule has 0 unspecified atom stereocenters. The largest absolute Gasteiger partial charge is 0.497 e. The second kappa shape index (κ2) is 11.2. The smallest absolute Gasteiger partial charge is 0.264 e. The van der Waals surface area contributed by atoms with Crippen molar-refractivity contribution in [1.29, 1.82) is 0 Å². The number of aryl methyl sites for hydroxylation is 2. The summed E-state index contributed by atoms with van der Waals surface area (Å²) in [6.07, 6.45) is -1.03. The van der Waals surface area contributed by atoms with E-state index in [4.69, 9.17) is 14.2 Å². The minimum absolute atomic E-state index is 0.0957. The summed E-state index contributed by atoms with van der Waals surface area (Å²) in [7, 11) is -2.49. The molecule has 0 fully saturated rings. The molecular weight excluding hydrogens is 516 g/mol. The highest BCUT2D eigenvalue weighted by Gasteiger charge is 2.38. The van der Waals surface area contributed by atoms with Gasteiger partial charge in [-0.05, 0) is 84.5 Å². The molecule has 1 N–H and O–H groups in total. The third-order valence-corrected chi connectivity index (χ3v) is 8.29. The van der Waals surface area contributed by atoms with Crippen molar-refractivity contribution in [2.75, 3.05) is 31.1 Å². The maximum Gasteiger partial charge on any atom is 0.264 e. The van der Waals surface area contributed by atoms with Gasteiger partial charge in [0.15, 0.2) is 6.10 Å². The van der Waals surface area contributed by atoms with E-state index in [1.165, 1.54) is 23.5 Å². The van der Waals surface area contributed by atoms with Crippen LogP contribution in [0.1, 0.15) is 37.5 Å². The zero-order chi connectivity index (χ0) is 28.4. The van der Waals surface area contributed by atoms with Crippen molar-refractivity contribution in [3.8, 4) is 17.2 Å². The van der Waals surface area contributed by atoms with Gasteiger partial charge in [-0.25, -0.2) is 8.42 Å². The van der Waals surface area contributed by atoms with Gasteiger partial charge in [-0.3, -0.25) is 9.10 Å². The Kier molecular flexibility index (Phi) is 8.11. The molecule has 0 spiro atoms. The molecule has 0 saturated heterocycles. The molecular formula is C30H36N2O6S. The Labute approximate surface area is 230 Å². The van der Waals surface area contributed by atoms with Crippen LogP contribution in [0, 0.1) is 13.8 Å². The number of carbonyl (C=O) groups excluding carboxylic acids is 1. The number of anilines is 1. The first-order valence-corrected chi connectivity index (χ1v) is 14.3. The first kappa shape index (κ1) is 28.3. The summed E-state index contributed by atoms with van der Waals surface area (Å²) in [5, 5.41) is 2.82. The lowest BCUT2D eigenvalue weighted by molar-refractivity contribution is -0.127. The fourth-order valence-corrected chi connectivity index (χ4v) is 5.90. The van der Waals surface area contributed by atoms with E-state index in [0.717, 1.165) is 22.4 Å². The zero-order valence-corrected chi connectivity index (χ0v) is 24.1. The third-order valence-electron chi connectivity index (χ3n) is 6.50. The van der Waals surface area contributed by atoms with Crippen molar-refractivity contribution in [2.24, 2.45) is 0 Å². The summed E-state index contributed by atoms with van der Waals surface area (Å²) in [5.74, 6) is 1.19. The number of hydrogen-bond acceptors (Lipinski definition) is 6. The van der Waals surface area contributed by atoms with Gasteiger partial charge in [-0.2, -0.15) is 0 Å². The van der Waals surface area contributed by atoms with E-state index < -0.39 is 22.0 Å². The van der Waals surface area contributed by atoms with Crippen molar-refractivity contribution in [1.82, 2.24) is 5.32 Å². The molecule has 1 aliphatic rings. The molecule has 0 saturated carbocycles. The van der Waals surface area contributed by atoms with E-state index >= 15 is 0 Å². The summed E-state index contributed by atoms with van der Waals surface area (Å²) < 4.78 is 45.9. The van der Waals surface area contributed by atoms with Crippen molar-refractivity contribution >= 4 is 21.6 Å². The Morgan fingerprint density at radius 2 is 1.67 bits per heavy atom. The second-order valence-electron chi connectivity index (χ2n) is 10.7. The number of sulfonamides is 1. The third kappa shape index (κ3) is 6.47. The van der Waals surface area contributed by atoms with Crippen molar-refractivity contribution < 1.29 is 27.4 Å². The molecule has 3 aromatic rings. The van der Waals surface area contributed by atoms with Gasteiger partial charge in [0.05, 0.1) is 30.8 Å². The SMILES string of the molecule is COc1ccc(S(=O)(=O)N2C[C@@H](C(=O)NCCOc3cc(C)cc(C)c3)Oc3ccc(C(C)(C)C)cc32)cc1. The minimum atomic E-state index is -4.01. The van der Waals surface area contributed by atoms with Gasteiger partial charge in [0.25, 0.3) is 15.9 Å². The highest BCUT2D eigenvalue weighted by Crippen LogP contribution is 2.40. The Morgan fingerprint density at radius 1 is 1.00 bits per heavy atom. The van der Waals surface area contributed by atoms with Crippen molar-refractivity contribution in [2.45, 2.75) is 51.0 Å². The van der Waals surface area contributed by atoms with Gasteiger partial charge >= 0.3 is 0 Å². The Hall–Kier alpha value is -3.72. The van der Waals surface area contributed by atoms with Crippen LogP contribution in [0.2, 0.25) is 0 Å². The molecule has 1 heterocycles. The fraction of sp³-hybridized carbons (Fsp3) is 0.367. The number of fused-ring (bicyclic) bond motifs is 1. The normalized spacial score (nSPS) is 15.2. The number of methoxy groups -OCH3 is 1. The molecule has 4 rings (SSSR count). The van der Waals surface area contributed by atoms with E-state index in [1.54, 1.807) is 18.2 Å². The van der Waals surface area contributed by atoms with Crippen LogP contribution >= 0.6 is 0 Å². The molecule has 0 radical (unpaired) electrons. The molecule has 39 heavy (non-hydrogen) atoms. The molecule has 0 aromatic heterocycles. The molecule has 8 nitrogen and oxygen atoms in total. The van der Waals surface area contributed by atoms with Crippen LogP contribution in [0.4, 0.5) is 5.69 Å². The van der Waals surface area contributed by atoms with Crippen LogP contribution < -0.4 is 23.8 Å². The van der Waals surface area contributed by atoms with Crippen molar-refractivity contribution in [3.63, 3.8) is 0 Å². The number of hydrogen-bond donors (Lipinski definition) is 1. The molecule has 9 heteroatoms. The minimum Gasteiger partial charge on any atom is -0.497 e. The summed E-state index contributed by atoms with van der Waals surface area (Å²) in [4.78, 5) is 13.2. The first-order valence-electron chi connectivity index (χ1n) is 12.9. The van der Waals surface area contributed by atoms with Gasteiger partial charge in [0.2, 0.25) is 0 Å². The number of rotatable bonds is 8. The topological polar surface area (TPSA) is 94.2 Å². The van der Waals surface area contributed by atoms with Gasteiger partial charge < -0.3 is 19.5 Å². The van der Waals surface area contributed by atoms with E-state index in [9.17, 15) is 13.2 Å². The number of benzene rings is 3. The maximum absolute atomic E-state index is 13.8. The Balaban J connectivity index is 1.55. The van der Waals surface area contributed by atoms with E-state index in [2.05, 4.69) is 32.2 Å². The van der Waals surface area contributed by atoms with Crippen molar-refractivity contribution in [3.05, 3.63) is 77.4 Å². The number of nitrogens with one attached hydrogen (secondary N) is 1. The van der Waals surface area contributed by atoms with Gasteiger partial charge in [-0.15, -0.1) is 0 Å². The molecule has 0 bridgehead atoms. The van der Waals surface area contributed by atoms with Crippen LogP contribution in [0.25, 0.3) is 0 Å². The molecule has 208 valence electrons. The standard InChI is InChI=1S/C30H36N2O6S/c1-20-15-21(2)17-24(16-20)37-14-13-31-29(33)28-19-32(39(34,35)25-10-8-23(36-6)9-11-25)26-18-22(30(3,4)5)7-12-27(26)38-28/h7-12,15-18,28H,13-14,19H2,1-6H3,(H,31,33)/t28-/m0/s1. The molecule has 1 amide bonds. The van der Waals surface area contributed by atoms with Crippen LogP contribution in [-0.2, 0) is 20.2 Å². The first-order chi connectivity index (χ1) is 18.4. The average molecular weight is 553 g/mol. The van der Waals surface area contributed by atoms with E-state index in [-0.39, 0.29) is 30.0 Å². The summed E-state index contributed by atoms with van der Waals surface area (Å²) in [6.45, 7) is 10.5. The van der Waals surface area contributed by atoms with Crippen LogP contribution in [-0.4, -0.2) is 47.2 Å². The predicted octanol–water partition coefficient (Wildman–Crippen LogP) is 4.76. The summed E-state index contributed by atoms with van der Waals surface area (Å²) in [5.41, 5.74) is 3.33. The van der Waals surface area contributed by atoms with E-state index in [1.807, 2.05) is 38.1 Å². The highest BCUT2D eigenvalue weighted by molar-refractivity contribution is 7.92. The van der Waals surface area contributed by atoms with Crippen LogP contribution in [0.5, 0.6) is 17.2 Å². The monoisotopic (exact) mass is 552 g/mol. The maximum atomic E-state index is 13.8. The molecule has 1 aliphatic heterocycles.